The Balaban J connectivity index is 2.04. The average Bonchev–Trinajstić information content (AvgIpc) is 2.59. The lowest BCUT2D eigenvalue weighted by molar-refractivity contribution is 0.495. The van der Waals surface area contributed by atoms with Crippen molar-refractivity contribution in [2.24, 2.45) is 5.73 Å². The summed E-state index contributed by atoms with van der Waals surface area (Å²) < 4.78 is 2.24. The molecule has 0 spiro atoms. The number of hydrogen-bond acceptors (Lipinski definition) is 4. The molecule has 0 aliphatic carbocycles. The highest BCUT2D eigenvalue weighted by atomic mass is 79.9. The smallest absolute Gasteiger partial charge is 0.266 e. The Morgan fingerprint density at radius 3 is 2.83 bits per heavy atom. The van der Waals surface area contributed by atoms with Crippen LogP contribution in [-0.2, 0) is 6.54 Å². The van der Waals surface area contributed by atoms with Gasteiger partial charge in [0.25, 0.3) is 5.56 Å². The van der Waals surface area contributed by atoms with E-state index in [1.54, 1.807) is 16.7 Å². The molecule has 0 bridgehead atoms. The zero-order valence-electron chi connectivity index (χ0n) is 13.3. The lowest BCUT2D eigenvalue weighted by Gasteiger charge is -2.34. The third kappa shape index (κ3) is 3.37. The van der Waals surface area contributed by atoms with E-state index in [1.165, 1.54) is 0 Å². The number of nitriles is 1. The standard InChI is InChI=1S/C18H19BrN4O/c19-16-7-8-17(22-9-3-6-15(21)12-22)23(18(16)24)11-14-5-2-1-4-13(14)10-20/h1-2,4-5,7-8,15H,3,6,9,11-12,21H2. The summed E-state index contributed by atoms with van der Waals surface area (Å²) in [6, 6.07) is 13.4. The molecule has 1 saturated heterocycles. The summed E-state index contributed by atoms with van der Waals surface area (Å²) in [7, 11) is 0. The van der Waals surface area contributed by atoms with Gasteiger partial charge in [0.05, 0.1) is 22.7 Å². The van der Waals surface area contributed by atoms with Gasteiger partial charge in [0, 0.05) is 19.1 Å². The van der Waals surface area contributed by atoms with Crippen molar-refractivity contribution in [1.82, 2.24) is 4.57 Å². The SMILES string of the molecule is N#Cc1ccccc1Cn1c(N2CCCC(N)C2)ccc(Br)c1=O. The van der Waals surface area contributed by atoms with E-state index in [0.717, 1.165) is 37.3 Å². The third-order valence-electron chi connectivity index (χ3n) is 4.35. The summed E-state index contributed by atoms with van der Waals surface area (Å²) in [5, 5.41) is 9.30. The first-order chi connectivity index (χ1) is 11.6. The van der Waals surface area contributed by atoms with Crippen molar-refractivity contribution < 1.29 is 0 Å². The van der Waals surface area contributed by atoms with Gasteiger partial charge in [0.15, 0.2) is 0 Å². The fourth-order valence-electron chi connectivity index (χ4n) is 3.13. The molecule has 24 heavy (non-hydrogen) atoms. The number of nitrogens with two attached hydrogens (primary N) is 1. The number of hydrogen-bond donors (Lipinski definition) is 1. The van der Waals surface area contributed by atoms with Gasteiger partial charge in [-0.25, -0.2) is 0 Å². The number of nitrogens with zero attached hydrogens (tertiary/aromatic N) is 3. The maximum atomic E-state index is 12.7. The molecular formula is C18H19BrN4O. The zero-order valence-corrected chi connectivity index (χ0v) is 14.9. The number of rotatable bonds is 3. The van der Waals surface area contributed by atoms with E-state index in [-0.39, 0.29) is 11.6 Å². The van der Waals surface area contributed by atoms with Crippen LogP contribution in [0.4, 0.5) is 5.82 Å². The van der Waals surface area contributed by atoms with Gasteiger partial charge in [-0.3, -0.25) is 9.36 Å². The summed E-state index contributed by atoms with van der Waals surface area (Å²) in [6.07, 6.45) is 2.02. The average molecular weight is 387 g/mol. The Labute approximate surface area is 149 Å². The first kappa shape index (κ1) is 16.7. The van der Waals surface area contributed by atoms with Crippen LogP contribution in [0.15, 0.2) is 45.7 Å². The lowest BCUT2D eigenvalue weighted by Crippen LogP contribution is -2.45. The second kappa shape index (κ2) is 7.20. The number of aromatic nitrogens is 1. The molecule has 1 fully saturated rings. The van der Waals surface area contributed by atoms with E-state index in [4.69, 9.17) is 5.73 Å². The van der Waals surface area contributed by atoms with Crippen LogP contribution in [0, 0.1) is 11.3 Å². The molecule has 1 aromatic carbocycles. The van der Waals surface area contributed by atoms with Crippen molar-refractivity contribution in [1.29, 1.82) is 5.26 Å². The maximum Gasteiger partial charge on any atom is 0.266 e. The Kier molecular flexibility index (Phi) is 5.03. The van der Waals surface area contributed by atoms with Crippen LogP contribution >= 0.6 is 15.9 Å². The molecule has 1 aliphatic rings. The Morgan fingerprint density at radius 2 is 2.08 bits per heavy atom. The van der Waals surface area contributed by atoms with Crippen LogP contribution < -0.4 is 16.2 Å². The van der Waals surface area contributed by atoms with Gasteiger partial charge >= 0.3 is 0 Å². The molecule has 1 aromatic heterocycles. The second-order valence-corrected chi connectivity index (χ2v) is 6.90. The molecule has 1 unspecified atom stereocenters. The van der Waals surface area contributed by atoms with Crippen molar-refractivity contribution in [3.8, 4) is 6.07 Å². The van der Waals surface area contributed by atoms with E-state index >= 15 is 0 Å². The number of piperidine rings is 1. The van der Waals surface area contributed by atoms with Gasteiger partial charge in [0.1, 0.15) is 5.82 Å². The number of benzene rings is 1. The largest absolute Gasteiger partial charge is 0.356 e. The molecule has 6 heteroatoms. The molecule has 2 aromatic rings. The van der Waals surface area contributed by atoms with Gasteiger partial charge in [-0.05, 0) is 52.5 Å². The van der Waals surface area contributed by atoms with Crippen LogP contribution in [-0.4, -0.2) is 23.7 Å². The molecule has 2 N–H and O–H groups in total. The molecule has 1 atom stereocenters. The number of pyridine rings is 1. The van der Waals surface area contributed by atoms with Crippen LogP contribution in [0.2, 0.25) is 0 Å². The summed E-state index contributed by atoms with van der Waals surface area (Å²) in [6.45, 7) is 1.98. The van der Waals surface area contributed by atoms with Gasteiger partial charge in [-0.2, -0.15) is 5.26 Å². The van der Waals surface area contributed by atoms with E-state index in [0.29, 0.717) is 16.6 Å². The van der Waals surface area contributed by atoms with Crippen molar-refractivity contribution in [2.75, 3.05) is 18.0 Å². The molecule has 0 amide bonds. The fourth-order valence-corrected chi connectivity index (χ4v) is 3.47. The van der Waals surface area contributed by atoms with E-state index < -0.39 is 0 Å². The first-order valence-corrected chi connectivity index (χ1v) is 8.77. The number of halogens is 1. The van der Waals surface area contributed by atoms with Gasteiger partial charge in [-0.1, -0.05) is 18.2 Å². The Bertz CT molecular complexity index is 840. The van der Waals surface area contributed by atoms with Crippen molar-refractivity contribution in [3.63, 3.8) is 0 Å². The molecule has 1 aliphatic heterocycles. The molecule has 2 heterocycles. The highest BCUT2D eigenvalue weighted by Gasteiger charge is 2.21. The minimum absolute atomic E-state index is 0.0978. The second-order valence-electron chi connectivity index (χ2n) is 6.05. The summed E-state index contributed by atoms with van der Waals surface area (Å²) in [5.41, 5.74) is 7.42. The molecule has 5 nitrogen and oxygen atoms in total. The summed E-state index contributed by atoms with van der Waals surface area (Å²) >= 11 is 3.32. The zero-order chi connectivity index (χ0) is 17.1. The van der Waals surface area contributed by atoms with E-state index in [9.17, 15) is 10.1 Å². The van der Waals surface area contributed by atoms with Gasteiger partial charge in [0.2, 0.25) is 0 Å². The number of anilines is 1. The van der Waals surface area contributed by atoms with Crippen LogP contribution in [0.25, 0.3) is 0 Å². The minimum atomic E-state index is -0.0978. The predicted octanol–water partition coefficient (Wildman–Crippen LogP) is 2.46. The van der Waals surface area contributed by atoms with Gasteiger partial charge < -0.3 is 10.6 Å². The molecule has 0 radical (unpaired) electrons. The predicted molar refractivity (Wildman–Crippen MR) is 98.1 cm³/mol. The Hall–Kier alpha value is -2.10. The van der Waals surface area contributed by atoms with Crippen LogP contribution in [0.5, 0.6) is 0 Å². The summed E-state index contributed by atoms with van der Waals surface area (Å²) in [5.74, 6) is 0.853. The van der Waals surface area contributed by atoms with Crippen molar-refractivity contribution in [2.45, 2.75) is 25.4 Å². The highest BCUT2D eigenvalue weighted by Crippen LogP contribution is 2.21. The highest BCUT2D eigenvalue weighted by molar-refractivity contribution is 9.10. The third-order valence-corrected chi connectivity index (χ3v) is 4.96. The molecule has 0 saturated carbocycles. The fraction of sp³-hybridized carbons (Fsp3) is 0.333. The maximum absolute atomic E-state index is 12.7. The molecule has 124 valence electrons. The lowest BCUT2D eigenvalue weighted by atomic mass is 10.1. The van der Waals surface area contributed by atoms with E-state index in [2.05, 4.69) is 26.9 Å². The minimum Gasteiger partial charge on any atom is -0.356 e. The molecular weight excluding hydrogens is 368 g/mol. The van der Waals surface area contributed by atoms with Crippen LogP contribution in [0.3, 0.4) is 0 Å². The quantitative estimate of drug-likeness (QED) is 0.878. The summed E-state index contributed by atoms with van der Waals surface area (Å²) in [4.78, 5) is 14.9. The normalized spacial score (nSPS) is 17.5. The van der Waals surface area contributed by atoms with Crippen LogP contribution in [0.1, 0.15) is 24.0 Å². The van der Waals surface area contributed by atoms with Gasteiger partial charge in [-0.15, -0.1) is 0 Å². The monoisotopic (exact) mass is 386 g/mol. The van der Waals surface area contributed by atoms with E-state index in [1.807, 2.05) is 24.3 Å². The first-order valence-electron chi connectivity index (χ1n) is 7.98. The topological polar surface area (TPSA) is 75.1 Å². The van der Waals surface area contributed by atoms with Crippen molar-refractivity contribution in [3.05, 3.63) is 62.4 Å². The molecule has 3 rings (SSSR count). The van der Waals surface area contributed by atoms with Crippen molar-refractivity contribution >= 4 is 21.7 Å². The Morgan fingerprint density at radius 1 is 1.29 bits per heavy atom.